The van der Waals surface area contributed by atoms with Crippen LogP contribution in [0.25, 0.3) is 0 Å². The molecule has 0 saturated carbocycles. The molecule has 3 rings (SSSR count). The number of benzene rings is 2. The van der Waals surface area contributed by atoms with Crippen molar-refractivity contribution >= 4 is 17.3 Å². The number of aliphatic hydroxyl groups is 3. The van der Waals surface area contributed by atoms with E-state index in [-0.39, 0.29) is 6.61 Å². The zero-order valence-corrected chi connectivity index (χ0v) is 17.0. The molecule has 4 N–H and O–H groups in total. The third-order valence-electron chi connectivity index (χ3n) is 5.33. The monoisotopic (exact) mass is 405 g/mol. The molecule has 0 spiro atoms. The zero-order chi connectivity index (χ0) is 20.3. The molecular weight excluding hydrogens is 378 g/mol. The lowest BCUT2D eigenvalue weighted by molar-refractivity contribution is -0.136. The molecule has 2 aromatic carbocycles. The fourth-order valence-electron chi connectivity index (χ4n) is 3.70. The Hall–Kier alpha value is -1.63. The van der Waals surface area contributed by atoms with Crippen molar-refractivity contribution in [1.82, 2.24) is 0 Å². The van der Waals surface area contributed by atoms with Crippen LogP contribution in [0.1, 0.15) is 48.1 Å². The SMILES string of the molecule is CNc1ccc(Cc2cc(C3CC(O)C[C@@H](C(C)O)O3)c(CO)cc2Cl)cc1. The van der Waals surface area contributed by atoms with E-state index in [1.807, 2.05) is 37.4 Å². The van der Waals surface area contributed by atoms with Crippen molar-refractivity contribution in [2.24, 2.45) is 0 Å². The van der Waals surface area contributed by atoms with Gasteiger partial charge in [-0.1, -0.05) is 29.8 Å². The summed E-state index contributed by atoms with van der Waals surface area (Å²) in [5.74, 6) is 0. The predicted molar refractivity (Wildman–Crippen MR) is 111 cm³/mol. The van der Waals surface area contributed by atoms with E-state index in [0.29, 0.717) is 29.8 Å². The van der Waals surface area contributed by atoms with Crippen LogP contribution in [-0.4, -0.2) is 40.7 Å². The number of ether oxygens (including phenoxy) is 1. The Morgan fingerprint density at radius 3 is 2.50 bits per heavy atom. The van der Waals surface area contributed by atoms with E-state index < -0.39 is 24.4 Å². The molecule has 3 unspecified atom stereocenters. The summed E-state index contributed by atoms with van der Waals surface area (Å²) in [4.78, 5) is 0. The third kappa shape index (κ3) is 4.85. The summed E-state index contributed by atoms with van der Waals surface area (Å²) in [6.07, 6.45) is -0.585. The molecule has 5 nitrogen and oxygen atoms in total. The van der Waals surface area contributed by atoms with Gasteiger partial charge in [-0.25, -0.2) is 0 Å². The van der Waals surface area contributed by atoms with Crippen molar-refractivity contribution in [3.05, 3.63) is 63.7 Å². The molecule has 0 aromatic heterocycles. The quantitative estimate of drug-likeness (QED) is 0.592. The van der Waals surface area contributed by atoms with Crippen LogP contribution in [0, 0.1) is 0 Å². The highest BCUT2D eigenvalue weighted by atomic mass is 35.5. The van der Waals surface area contributed by atoms with Gasteiger partial charge in [0.05, 0.1) is 31.0 Å². The second-order valence-electron chi connectivity index (χ2n) is 7.45. The first kappa shape index (κ1) is 21.1. The fraction of sp³-hybridized carbons (Fsp3) is 0.455. The minimum absolute atomic E-state index is 0.165. The molecule has 0 radical (unpaired) electrons. The van der Waals surface area contributed by atoms with Gasteiger partial charge in [-0.15, -0.1) is 0 Å². The van der Waals surface area contributed by atoms with Gasteiger partial charge in [0.2, 0.25) is 0 Å². The van der Waals surface area contributed by atoms with E-state index in [2.05, 4.69) is 5.32 Å². The molecule has 0 bridgehead atoms. The Labute approximate surface area is 170 Å². The Balaban J connectivity index is 1.90. The summed E-state index contributed by atoms with van der Waals surface area (Å²) in [5, 5.41) is 33.7. The highest BCUT2D eigenvalue weighted by Gasteiger charge is 2.33. The van der Waals surface area contributed by atoms with E-state index in [4.69, 9.17) is 16.3 Å². The second kappa shape index (κ2) is 9.25. The molecule has 1 fully saturated rings. The summed E-state index contributed by atoms with van der Waals surface area (Å²) in [5.41, 5.74) is 4.60. The highest BCUT2D eigenvalue weighted by Crippen LogP contribution is 2.37. The maximum Gasteiger partial charge on any atom is 0.0864 e. The number of halogens is 1. The first-order valence-electron chi connectivity index (χ1n) is 9.61. The van der Waals surface area contributed by atoms with Crippen LogP contribution in [0.2, 0.25) is 5.02 Å². The number of rotatable bonds is 6. The van der Waals surface area contributed by atoms with Crippen molar-refractivity contribution in [2.45, 2.75) is 57.2 Å². The lowest BCUT2D eigenvalue weighted by atomic mass is 9.90. The van der Waals surface area contributed by atoms with Gasteiger partial charge in [-0.05, 0) is 53.8 Å². The molecule has 2 aromatic rings. The molecule has 6 heteroatoms. The Morgan fingerprint density at radius 2 is 1.89 bits per heavy atom. The number of hydrogen-bond donors (Lipinski definition) is 4. The van der Waals surface area contributed by atoms with Gasteiger partial charge in [0.1, 0.15) is 0 Å². The summed E-state index contributed by atoms with van der Waals surface area (Å²) in [6.45, 7) is 1.50. The second-order valence-corrected chi connectivity index (χ2v) is 7.86. The number of nitrogens with one attached hydrogen (secondary N) is 1. The van der Waals surface area contributed by atoms with Gasteiger partial charge < -0.3 is 25.4 Å². The zero-order valence-electron chi connectivity index (χ0n) is 16.2. The molecule has 28 heavy (non-hydrogen) atoms. The van der Waals surface area contributed by atoms with Crippen LogP contribution in [-0.2, 0) is 17.8 Å². The van der Waals surface area contributed by atoms with Crippen molar-refractivity contribution < 1.29 is 20.1 Å². The van der Waals surface area contributed by atoms with Gasteiger partial charge in [0, 0.05) is 30.6 Å². The maximum absolute atomic E-state index is 10.2. The predicted octanol–water partition coefficient (Wildman–Crippen LogP) is 3.43. The van der Waals surface area contributed by atoms with Gasteiger partial charge in [-0.2, -0.15) is 0 Å². The van der Waals surface area contributed by atoms with E-state index in [0.717, 1.165) is 22.4 Å². The minimum atomic E-state index is -0.674. The van der Waals surface area contributed by atoms with Crippen LogP contribution in [0.3, 0.4) is 0 Å². The van der Waals surface area contributed by atoms with Gasteiger partial charge in [-0.3, -0.25) is 0 Å². The highest BCUT2D eigenvalue weighted by molar-refractivity contribution is 6.31. The normalized spacial score (nSPS) is 23.4. The summed E-state index contributed by atoms with van der Waals surface area (Å²) < 4.78 is 6.05. The average Bonchev–Trinajstić information content (AvgIpc) is 2.69. The third-order valence-corrected chi connectivity index (χ3v) is 5.68. The van der Waals surface area contributed by atoms with E-state index in [9.17, 15) is 15.3 Å². The Morgan fingerprint density at radius 1 is 1.18 bits per heavy atom. The molecule has 4 atom stereocenters. The molecule has 1 aliphatic heterocycles. The molecule has 0 amide bonds. The molecule has 152 valence electrons. The van der Waals surface area contributed by atoms with Gasteiger partial charge in [0.15, 0.2) is 0 Å². The molecule has 1 aliphatic rings. The lowest BCUT2D eigenvalue weighted by Gasteiger charge is -2.35. The van der Waals surface area contributed by atoms with Crippen LogP contribution < -0.4 is 5.32 Å². The summed E-state index contributed by atoms with van der Waals surface area (Å²) in [7, 11) is 1.88. The van der Waals surface area contributed by atoms with Crippen molar-refractivity contribution in [3.63, 3.8) is 0 Å². The molecule has 1 saturated heterocycles. The standard InChI is InChI=1S/C22H28ClNO4/c1-13(26)21-10-18(27)11-22(28-21)19-8-15(20(23)9-16(19)12-25)7-14-3-5-17(24-2)6-4-14/h3-6,8-9,13,18,21-22,24-27H,7,10-12H2,1-2H3/t13?,18?,21-,22?/m0/s1. The number of anilines is 1. The minimum Gasteiger partial charge on any atom is -0.393 e. The number of hydrogen-bond acceptors (Lipinski definition) is 5. The Kier molecular flexibility index (Phi) is 6.96. The van der Waals surface area contributed by atoms with Crippen LogP contribution >= 0.6 is 11.6 Å². The fourth-order valence-corrected chi connectivity index (χ4v) is 3.96. The van der Waals surface area contributed by atoms with Crippen molar-refractivity contribution in [1.29, 1.82) is 0 Å². The topological polar surface area (TPSA) is 82.0 Å². The van der Waals surface area contributed by atoms with Gasteiger partial charge >= 0.3 is 0 Å². The van der Waals surface area contributed by atoms with E-state index in [1.54, 1.807) is 13.0 Å². The van der Waals surface area contributed by atoms with Crippen LogP contribution in [0.4, 0.5) is 5.69 Å². The summed E-state index contributed by atoms with van der Waals surface area (Å²) >= 11 is 6.48. The summed E-state index contributed by atoms with van der Waals surface area (Å²) in [6, 6.07) is 11.9. The average molecular weight is 406 g/mol. The molecular formula is C22H28ClNO4. The van der Waals surface area contributed by atoms with Crippen molar-refractivity contribution in [2.75, 3.05) is 12.4 Å². The first-order chi connectivity index (χ1) is 13.4. The van der Waals surface area contributed by atoms with Gasteiger partial charge in [0.25, 0.3) is 0 Å². The number of aliphatic hydroxyl groups excluding tert-OH is 3. The Bertz CT molecular complexity index is 794. The lowest BCUT2D eigenvalue weighted by Crippen LogP contribution is -2.38. The van der Waals surface area contributed by atoms with E-state index in [1.165, 1.54) is 0 Å². The van der Waals surface area contributed by atoms with Crippen LogP contribution in [0.5, 0.6) is 0 Å². The smallest absolute Gasteiger partial charge is 0.0864 e. The first-order valence-corrected chi connectivity index (χ1v) is 9.99. The maximum atomic E-state index is 10.2. The van der Waals surface area contributed by atoms with Crippen LogP contribution in [0.15, 0.2) is 36.4 Å². The largest absolute Gasteiger partial charge is 0.393 e. The van der Waals surface area contributed by atoms with E-state index >= 15 is 0 Å². The molecule has 1 heterocycles. The van der Waals surface area contributed by atoms with Crippen molar-refractivity contribution in [3.8, 4) is 0 Å². The molecule has 0 aliphatic carbocycles.